The molecular weight excluding hydrogens is 212 g/mol. The van der Waals surface area contributed by atoms with Gasteiger partial charge in [-0.15, -0.1) is 0 Å². The molecule has 2 N–H and O–H groups in total. The number of carbonyl (C=O) groups is 1. The van der Waals surface area contributed by atoms with E-state index in [0.29, 0.717) is 17.9 Å². The molecule has 0 aromatic carbocycles. The van der Waals surface area contributed by atoms with Gasteiger partial charge in [-0.3, -0.25) is 4.79 Å². The molecule has 3 nitrogen and oxygen atoms in total. The summed E-state index contributed by atoms with van der Waals surface area (Å²) in [6.45, 7) is 3.22. The lowest BCUT2D eigenvalue weighted by Crippen LogP contribution is -2.50. The van der Waals surface area contributed by atoms with E-state index >= 15 is 0 Å². The van der Waals surface area contributed by atoms with Crippen LogP contribution < -0.4 is 5.73 Å². The molecule has 3 rings (SSSR count). The predicted molar refractivity (Wildman–Crippen MR) is 67.3 cm³/mol. The first-order valence-corrected chi connectivity index (χ1v) is 7.23. The fourth-order valence-electron chi connectivity index (χ4n) is 4.27. The Morgan fingerprint density at radius 2 is 2.06 bits per heavy atom. The van der Waals surface area contributed by atoms with Crippen LogP contribution in [0.3, 0.4) is 0 Å². The number of hydrogen-bond donors (Lipinski definition) is 1. The molecule has 96 valence electrons. The summed E-state index contributed by atoms with van der Waals surface area (Å²) in [4.78, 5) is 14.8. The second kappa shape index (κ2) is 4.27. The second-order valence-electron chi connectivity index (χ2n) is 6.42. The Kier molecular flexibility index (Phi) is 2.89. The van der Waals surface area contributed by atoms with Crippen LogP contribution in [0.4, 0.5) is 0 Å². The molecule has 3 heteroatoms. The highest BCUT2D eigenvalue weighted by atomic mass is 16.2. The van der Waals surface area contributed by atoms with E-state index in [-0.39, 0.29) is 12.0 Å². The minimum Gasteiger partial charge on any atom is -0.339 e. The molecule has 0 spiro atoms. The summed E-state index contributed by atoms with van der Waals surface area (Å²) in [5.41, 5.74) is 6.19. The number of nitrogens with two attached hydrogens (primary N) is 1. The van der Waals surface area contributed by atoms with E-state index in [0.717, 1.165) is 18.9 Å². The van der Waals surface area contributed by atoms with E-state index in [1.807, 2.05) is 0 Å². The zero-order valence-corrected chi connectivity index (χ0v) is 10.8. The lowest BCUT2D eigenvalue weighted by Gasteiger charge is -2.38. The third-order valence-corrected chi connectivity index (χ3v) is 5.25. The fourth-order valence-corrected chi connectivity index (χ4v) is 4.27. The average molecular weight is 236 g/mol. The standard InChI is InChI=1S/C14H24N2O/c1-9-3-2-4-12(15)13(9)14(17)16-8-10-5-6-11(16)7-10/h9-13H,2-8,15H2,1H3. The zero-order valence-electron chi connectivity index (χ0n) is 10.8. The maximum atomic E-state index is 12.7. The maximum Gasteiger partial charge on any atom is 0.227 e. The Bertz CT molecular complexity index is 307. The molecule has 0 aromatic rings. The maximum absolute atomic E-state index is 12.7. The first-order chi connectivity index (χ1) is 8.16. The first-order valence-electron chi connectivity index (χ1n) is 7.23. The Balaban J connectivity index is 1.72. The minimum absolute atomic E-state index is 0.100. The number of hydrogen-bond acceptors (Lipinski definition) is 2. The van der Waals surface area contributed by atoms with Crippen molar-refractivity contribution in [3.05, 3.63) is 0 Å². The topological polar surface area (TPSA) is 46.3 Å². The summed E-state index contributed by atoms with van der Waals surface area (Å²) in [5, 5.41) is 0. The van der Waals surface area contributed by atoms with Gasteiger partial charge in [0.2, 0.25) is 5.91 Å². The van der Waals surface area contributed by atoms with E-state index < -0.39 is 0 Å². The normalized spacial score (nSPS) is 45.3. The van der Waals surface area contributed by atoms with Gasteiger partial charge in [0.25, 0.3) is 0 Å². The molecule has 1 saturated heterocycles. The summed E-state index contributed by atoms with van der Waals surface area (Å²) in [5.74, 6) is 1.74. The second-order valence-corrected chi connectivity index (χ2v) is 6.42. The molecule has 5 atom stereocenters. The first kappa shape index (κ1) is 11.5. The number of rotatable bonds is 1. The molecule has 1 amide bonds. The van der Waals surface area contributed by atoms with Gasteiger partial charge in [-0.1, -0.05) is 13.3 Å². The molecule has 1 heterocycles. The van der Waals surface area contributed by atoms with Crippen LogP contribution in [0.15, 0.2) is 0 Å². The van der Waals surface area contributed by atoms with Crippen LogP contribution >= 0.6 is 0 Å². The molecule has 2 aliphatic carbocycles. The van der Waals surface area contributed by atoms with Crippen molar-refractivity contribution in [2.45, 2.75) is 57.5 Å². The molecule has 2 bridgehead atoms. The largest absolute Gasteiger partial charge is 0.339 e. The highest BCUT2D eigenvalue weighted by Crippen LogP contribution is 2.40. The van der Waals surface area contributed by atoms with Crippen LogP contribution in [0.5, 0.6) is 0 Å². The molecule has 2 saturated carbocycles. The summed E-state index contributed by atoms with van der Waals surface area (Å²) in [6, 6.07) is 0.652. The zero-order chi connectivity index (χ0) is 12.0. The smallest absolute Gasteiger partial charge is 0.227 e. The Labute approximate surface area is 104 Å². The van der Waals surface area contributed by atoms with E-state index in [9.17, 15) is 4.79 Å². The summed E-state index contributed by atoms with van der Waals surface area (Å²) >= 11 is 0. The van der Waals surface area contributed by atoms with Gasteiger partial charge in [0.1, 0.15) is 0 Å². The van der Waals surface area contributed by atoms with Crippen molar-refractivity contribution < 1.29 is 4.79 Å². The molecule has 3 fully saturated rings. The predicted octanol–water partition coefficient (Wildman–Crippen LogP) is 1.76. The van der Waals surface area contributed by atoms with E-state index in [2.05, 4.69) is 11.8 Å². The highest BCUT2D eigenvalue weighted by molar-refractivity contribution is 5.80. The lowest BCUT2D eigenvalue weighted by atomic mass is 9.76. The van der Waals surface area contributed by atoms with Gasteiger partial charge in [0, 0.05) is 18.6 Å². The van der Waals surface area contributed by atoms with Crippen LogP contribution in [-0.4, -0.2) is 29.4 Å². The monoisotopic (exact) mass is 236 g/mol. The molecule has 3 aliphatic rings. The van der Waals surface area contributed by atoms with E-state index in [1.54, 1.807) is 0 Å². The number of likely N-dealkylation sites (tertiary alicyclic amines) is 1. The highest BCUT2D eigenvalue weighted by Gasteiger charge is 2.44. The van der Waals surface area contributed by atoms with Gasteiger partial charge in [0.15, 0.2) is 0 Å². The Morgan fingerprint density at radius 3 is 2.65 bits per heavy atom. The molecule has 5 unspecified atom stereocenters. The lowest BCUT2D eigenvalue weighted by molar-refractivity contribution is -0.140. The van der Waals surface area contributed by atoms with Crippen molar-refractivity contribution in [3.8, 4) is 0 Å². The number of nitrogens with zero attached hydrogens (tertiary/aromatic N) is 1. The van der Waals surface area contributed by atoms with Crippen LogP contribution in [0.25, 0.3) is 0 Å². The number of fused-ring (bicyclic) bond motifs is 2. The average Bonchev–Trinajstić information content (AvgIpc) is 2.90. The molecule has 17 heavy (non-hydrogen) atoms. The summed E-state index contributed by atoms with van der Waals surface area (Å²) < 4.78 is 0. The van der Waals surface area contributed by atoms with Gasteiger partial charge in [0.05, 0.1) is 5.92 Å². The van der Waals surface area contributed by atoms with Crippen molar-refractivity contribution in [1.29, 1.82) is 0 Å². The van der Waals surface area contributed by atoms with Crippen LogP contribution in [0.1, 0.15) is 45.4 Å². The van der Waals surface area contributed by atoms with Gasteiger partial charge in [-0.2, -0.15) is 0 Å². The third-order valence-electron chi connectivity index (χ3n) is 5.25. The van der Waals surface area contributed by atoms with Crippen LogP contribution in [0, 0.1) is 17.8 Å². The van der Waals surface area contributed by atoms with Crippen LogP contribution in [0.2, 0.25) is 0 Å². The van der Waals surface area contributed by atoms with Crippen molar-refractivity contribution in [2.24, 2.45) is 23.5 Å². The fraction of sp³-hybridized carbons (Fsp3) is 0.929. The summed E-state index contributed by atoms with van der Waals surface area (Å²) in [7, 11) is 0. The third kappa shape index (κ3) is 1.88. The number of amides is 1. The van der Waals surface area contributed by atoms with Gasteiger partial charge < -0.3 is 10.6 Å². The molecular formula is C14H24N2O. The number of piperidine rings is 1. The SMILES string of the molecule is CC1CCCC(N)C1C(=O)N1CC2CCC1C2. The van der Waals surface area contributed by atoms with E-state index in [1.165, 1.54) is 32.1 Å². The minimum atomic E-state index is 0.100. The van der Waals surface area contributed by atoms with Crippen molar-refractivity contribution in [2.75, 3.05) is 6.54 Å². The van der Waals surface area contributed by atoms with Crippen molar-refractivity contribution in [1.82, 2.24) is 4.90 Å². The Hall–Kier alpha value is -0.570. The molecule has 0 radical (unpaired) electrons. The quantitative estimate of drug-likeness (QED) is 0.754. The van der Waals surface area contributed by atoms with Crippen molar-refractivity contribution >= 4 is 5.91 Å². The van der Waals surface area contributed by atoms with Gasteiger partial charge >= 0.3 is 0 Å². The van der Waals surface area contributed by atoms with Crippen LogP contribution in [-0.2, 0) is 4.79 Å². The van der Waals surface area contributed by atoms with Crippen molar-refractivity contribution in [3.63, 3.8) is 0 Å². The molecule has 1 aliphatic heterocycles. The summed E-state index contributed by atoms with van der Waals surface area (Å²) in [6.07, 6.45) is 7.21. The van der Waals surface area contributed by atoms with Gasteiger partial charge in [-0.05, 0) is 43.9 Å². The number of carbonyl (C=O) groups excluding carboxylic acids is 1. The van der Waals surface area contributed by atoms with Gasteiger partial charge in [-0.25, -0.2) is 0 Å². The Morgan fingerprint density at radius 1 is 1.24 bits per heavy atom. The van der Waals surface area contributed by atoms with E-state index in [4.69, 9.17) is 5.73 Å². The molecule has 0 aromatic heterocycles.